The average Bonchev–Trinajstić information content (AvgIpc) is 2.45. The molecular weight excluding hydrogens is 244 g/mol. The van der Waals surface area contributed by atoms with E-state index in [-0.39, 0.29) is 5.69 Å². The zero-order valence-corrected chi connectivity index (χ0v) is 10.2. The molecule has 1 aromatic carbocycles. The number of carboxylic acid groups (broad SMARTS) is 1. The molecule has 0 unspecified atom stereocenters. The molecule has 6 heteroatoms. The van der Waals surface area contributed by atoms with Gasteiger partial charge in [0.2, 0.25) is 0 Å². The molecule has 19 heavy (non-hydrogen) atoms. The van der Waals surface area contributed by atoms with E-state index in [0.717, 1.165) is 5.56 Å². The molecule has 6 nitrogen and oxygen atoms in total. The smallest absolute Gasteiger partial charge is 0.356 e. The van der Waals surface area contributed by atoms with E-state index in [4.69, 9.17) is 5.73 Å². The molecule has 2 aromatic rings. The van der Waals surface area contributed by atoms with Crippen molar-refractivity contribution in [3.05, 3.63) is 42.2 Å². The lowest BCUT2D eigenvalue weighted by molar-refractivity contribution is 0.0691. The molecule has 0 aliphatic carbocycles. The number of carbonyl (C=O) groups is 1. The van der Waals surface area contributed by atoms with Crippen molar-refractivity contribution in [2.75, 3.05) is 18.4 Å². The van der Waals surface area contributed by atoms with Gasteiger partial charge in [-0.05, 0) is 0 Å². The second-order valence-corrected chi connectivity index (χ2v) is 3.84. The minimum absolute atomic E-state index is 0.0534. The topological polar surface area (TPSA) is 101 Å². The minimum Gasteiger partial charge on any atom is -0.476 e. The molecule has 0 amide bonds. The number of benzene rings is 1. The average molecular weight is 258 g/mol. The molecule has 0 spiro atoms. The molecule has 0 aliphatic rings. The van der Waals surface area contributed by atoms with E-state index >= 15 is 0 Å². The summed E-state index contributed by atoms with van der Waals surface area (Å²) < 4.78 is 0. The summed E-state index contributed by atoms with van der Waals surface area (Å²) in [6.45, 7) is 0.869. The third-order valence-corrected chi connectivity index (χ3v) is 2.48. The van der Waals surface area contributed by atoms with Gasteiger partial charge < -0.3 is 16.2 Å². The Bertz CT molecular complexity index is 572. The molecule has 1 heterocycles. The molecule has 0 aliphatic heterocycles. The number of anilines is 1. The van der Waals surface area contributed by atoms with Crippen LogP contribution in [0.5, 0.6) is 0 Å². The van der Waals surface area contributed by atoms with Crippen LogP contribution in [0.15, 0.2) is 36.5 Å². The lowest BCUT2D eigenvalue weighted by Gasteiger charge is -2.08. The number of hydrogen-bond acceptors (Lipinski definition) is 5. The Hall–Kier alpha value is -2.47. The van der Waals surface area contributed by atoms with E-state index in [1.807, 2.05) is 30.3 Å². The molecule has 0 saturated heterocycles. The van der Waals surface area contributed by atoms with Crippen LogP contribution in [0, 0.1) is 0 Å². The van der Waals surface area contributed by atoms with Crippen LogP contribution in [0.1, 0.15) is 10.5 Å². The third kappa shape index (κ3) is 3.05. The fraction of sp³-hybridized carbons (Fsp3) is 0.154. The first-order valence-corrected chi connectivity index (χ1v) is 5.82. The minimum atomic E-state index is -1.10. The van der Waals surface area contributed by atoms with E-state index in [0.29, 0.717) is 24.6 Å². The summed E-state index contributed by atoms with van der Waals surface area (Å²) in [6.07, 6.45) is 1.47. The first kappa shape index (κ1) is 13.0. The van der Waals surface area contributed by atoms with E-state index in [1.165, 1.54) is 6.20 Å². The van der Waals surface area contributed by atoms with Crippen LogP contribution in [0.3, 0.4) is 0 Å². The Morgan fingerprint density at radius 2 is 2.05 bits per heavy atom. The summed E-state index contributed by atoms with van der Waals surface area (Å²) in [5.41, 5.74) is 6.47. The zero-order chi connectivity index (χ0) is 13.7. The summed E-state index contributed by atoms with van der Waals surface area (Å²) >= 11 is 0. The first-order chi connectivity index (χ1) is 9.22. The number of carboxylic acids is 1. The van der Waals surface area contributed by atoms with E-state index < -0.39 is 5.97 Å². The quantitative estimate of drug-likeness (QED) is 0.745. The number of nitrogens with two attached hydrogens (primary N) is 1. The molecule has 98 valence electrons. The lowest BCUT2D eigenvalue weighted by Crippen LogP contribution is -2.16. The van der Waals surface area contributed by atoms with Gasteiger partial charge in [0.25, 0.3) is 0 Å². The van der Waals surface area contributed by atoms with E-state index in [1.54, 1.807) is 0 Å². The van der Waals surface area contributed by atoms with Crippen molar-refractivity contribution in [3.63, 3.8) is 0 Å². The van der Waals surface area contributed by atoms with Crippen LogP contribution in [-0.2, 0) is 0 Å². The predicted octanol–water partition coefficient (Wildman–Crippen LogP) is 1.21. The standard InChI is InChI=1S/C13H14N4O2/c14-6-7-15-10-8-16-12(17-11(10)13(18)19)9-4-2-1-3-5-9/h1-5,8,15H,6-7,14H2,(H,18,19). The van der Waals surface area contributed by atoms with Gasteiger partial charge in [-0.2, -0.15) is 0 Å². The van der Waals surface area contributed by atoms with Crippen molar-refractivity contribution >= 4 is 11.7 Å². The van der Waals surface area contributed by atoms with Crippen LogP contribution >= 0.6 is 0 Å². The normalized spacial score (nSPS) is 10.2. The van der Waals surface area contributed by atoms with E-state index in [2.05, 4.69) is 15.3 Å². The summed E-state index contributed by atoms with van der Waals surface area (Å²) in [5, 5.41) is 12.1. The van der Waals surface area contributed by atoms with Crippen LogP contribution in [0.25, 0.3) is 11.4 Å². The summed E-state index contributed by atoms with van der Waals surface area (Å²) in [7, 11) is 0. The first-order valence-electron chi connectivity index (χ1n) is 5.82. The van der Waals surface area contributed by atoms with Crippen molar-refractivity contribution in [3.8, 4) is 11.4 Å². The Morgan fingerprint density at radius 1 is 1.32 bits per heavy atom. The van der Waals surface area contributed by atoms with Crippen LogP contribution < -0.4 is 11.1 Å². The Balaban J connectivity index is 2.39. The van der Waals surface area contributed by atoms with Gasteiger partial charge in [0.05, 0.1) is 11.9 Å². The van der Waals surface area contributed by atoms with Crippen LogP contribution in [-0.4, -0.2) is 34.1 Å². The van der Waals surface area contributed by atoms with Crippen LogP contribution in [0.4, 0.5) is 5.69 Å². The third-order valence-electron chi connectivity index (χ3n) is 2.48. The second-order valence-electron chi connectivity index (χ2n) is 3.84. The highest BCUT2D eigenvalue weighted by Gasteiger charge is 2.14. The number of rotatable bonds is 5. The highest BCUT2D eigenvalue weighted by Crippen LogP contribution is 2.18. The molecule has 0 bridgehead atoms. The number of aromatic nitrogens is 2. The van der Waals surface area contributed by atoms with Gasteiger partial charge in [-0.3, -0.25) is 0 Å². The molecular formula is C13H14N4O2. The van der Waals surface area contributed by atoms with Crippen molar-refractivity contribution in [2.24, 2.45) is 5.73 Å². The van der Waals surface area contributed by atoms with Gasteiger partial charge in [-0.25, -0.2) is 14.8 Å². The summed E-state index contributed by atoms with van der Waals surface area (Å²) in [4.78, 5) is 19.5. The largest absolute Gasteiger partial charge is 0.476 e. The fourth-order valence-electron chi connectivity index (χ4n) is 1.61. The van der Waals surface area contributed by atoms with Gasteiger partial charge in [0.15, 0.2) is 11.5 Å². The van der Waals surface area contributed by atoms with Gasteiger partial charge in [0, 0.05) is 18.7 Å². The molecule has 2 rings (SSSR count). The maximum atomic E-state index is 11.2. The molecule has 0 saturated carbocycles. The molecule has 0 fully saturated rings. The highest BCUT2D eigenvalue weighted by atomic mass is 16.4. The summed E-state index contributed by atoms with van der Waals surface area (Å²) in [6, 6.07) is 9.22. The number of aromatic carboxylic acids is 1. The SMILES string of the molecule is NCCNc1cnc(-c2ccccc2)nc1C(=O)O. The number of hydrogen-bond donors (Lipinski definition) is 3. The lowest BCUT2D eigenvalue weighted by atomic mass is 10.2. The Morgan fingerprint density at radius 3 is 2.68 bits per heavy atom. The molecule has 0 atom stereocenters. The second kappa shape index (κ2) is 5.92. The zero-order valence-electron chi connectivity index (χ0n) is 10.2. The summed E-state index contributed by atoms with van der Waals surface area (Å²) in [5.74, 6) is -0.713. The fourth-order valence-corrected chi connectivity index (χ4v) is 1.61. The molecule has 0 radical (unpaired) electrons. The molecule has 4 N–H and O–H groups in total. The van der Waals surface area contributed by atoms with Crippen molar-refractivity contribution < 1.29 is 9.90 Å². The van der Waals surface area contributed by atoms with Gasteiger partial charge >= 0.3 is 5.97 Å². The Kier molecular flexibility index (Phi) is 4.04. The van der Waals surface area contributed by atoms with Crippen molar-refractivity contribution in [1.29, 1.82) is 0 Å². The van der Waals surface area contributed by atoms with Crippen molar-refractivity contribution in [2.45, 2.75) is 0 Å². The maximum absolute atomic E-state index is 11.2. The van der Waals surface area contributed by atoms with Crippen LogP contribution in [0.2, 0.25) is 0 Å². The predicted molar refractivity (Wildman–Crippen MR) is 72.0 cm³/mol. The highest BCUT2D eigenvalue weighted by molar-refractivity contribution is 5.92. The molecule has 1 aromatic heterocycles. The van der Waals surface area contributed by atoms with Gasteiger partial charge in [-0.15, -0.1) is 0 Å². The Labute approximate surface area is 110 Å². The number of nitrogens with zero attached hydrogens (tertiary/aromatic N) is 2. The van der Waals surface area contributed by atoms with Crippen molar-refractivity contribution in [1.82, 2.24) is 9.97 Å². The maximum Gasteiger partial charge on any atom is 0.356 e. The van der Waals surface area contributed by atoms with E-state index in [9.17, 15) is 9.90 Å². The van der Waals surface area contributed by atoms with Gasteiger partial charge in [0.1, 0.15) is 0 Å². The van der Waals surface area contributed by atoms with Gasteiger partial charge in [-0.1, -0.05) is 30.3 Å². The number of nitrogens with one attached hydrogen (secondary N) is 1. The monoisotopic (exact) mass is 258 g/mol.